The number of β-amino-alcohol motifs (C(OH)–C–C–N with tert-alkyl or cyclic N) is 1. The lowest BCUT2D eigenvalue weighted by atomic mass is 9.78. The first-order valence-corrected chi connectivity index (χ1v) is 7.83. The fourth-order valence-electron chi connectivity index (χ4n) is 3.55. The van der Waals surface area contributed by atoms with Crippen LogP contribution in [-0.2, 0) is 4.79 Å². The number of rotatable bonds is 5. The summed E-state index contributed by atoms with van der Waals surface area (Å²) in [5.41, 5.74) is 1.21. The summed E-state index contributed by atoms with van der Waals surface area (Å²) >= 11 is 0. The molecule has 114 valence electrons. The molecule has 20 heavy (non-hydrogen) atoms. The van der Waals surface area contributed by atoms with Gasteiger partial charge in [0.1, 0.15) is 0 Å². The molecular formula is C16H28N2O2. The van der Waals surface area contributed by atoms with E-state index in [1.807, 2.05) is 4.90 Å². The molecule has 0 bridgehead atoms. The van der Waals surface area contributed by atoms with Crippen molar-refractivity contribution in [2.24, 2.45) is 5.41 Å². The number of likely N-dealkylation sites (tertiary alicyclic amines) is 2. The first kappa shape index (κ1) is 15.5. The van der Waals surface area contributed by atoms with Gasteiger partial charge >= 0.3 is 0 Å². The van der Waals surface area contributed by atoms with Gasteiger partial charge in [-0.05, 0) is 46.1 Å². The molecule has 0 aromatic carbocycles. The lowest BCUT2D eigenvalue weighted by Crippen LogP contribution is -2.50. The van der Waals surface area contributed by atoms with Crippen molar-refractivity contribution in [2.75, 3.05) is 39.3 Å². The van der Waals surface area contributed by atoms with E-state index in [1.54, 1.807) is 0 Å². The number of hydrogen-bond donors (Lipinski definition) is 1. The highest BCUT2D eigenvalue weighted by Gasteiger charge is 2.47. The van der Waals surface area contributed by atoms with Gasteiger partial charge in [0.2, 0.25) is 5.91 Å². The monoisotopic (exact) mass is 280 g/mol. The molecule has 0 radical (unpaired) electrons. The molecule has 0 saturated carbocycles. The molecule has 2 fully saturated rings. The average molecular weight is 280 g/mol. The van der Waals surface area contributed by atoms with E-state index in [2.05, 4.69) is 24.8 Å². The summed E-state index contributed by atoms with van der Waals surface area (Å²) in [5.74, 6) is 0.280. The number of piperidine rings is 1. The van der Waals surface area contributed by atoms with Gasteiger partial charge in [-0.1, -0.05) is 11.6 Å². The Morgan fingerprint density at radius 1 is 1.30 bits per heavy atom. The van der Waals surface area contributed by atoms with Crippen LogP contribution in [0.5, 0.6) is 0 Å². The van der Waals surface area contributed by atoms with E-state index in [-0.39, 0.29) is 17.9 Å². The molecule has 4 heteroatoms. The van der Waals surface area contributed by atoms with Crippen LogP contribution in [0.25, 0.3) is 0 Å². The number of hydrogen-bond acceptors (Lipinski definition) is 3. The zero-order valence-corrected chi connectivity index (χ0v) is 12.9. The smallest absolute Gasteiger partial charge is 0.230 e. The summed E-state index contributed by atoms with van der Waals surface area (Å²) in [7, 11) is 0. The van der Waals surface area contributed by atoms with Crippen molar-refractivity contribution < 1.29 is 9.90 Å². The molecule has 0 aliphatic carbocycles. The molecule has 4 nitrogen and oxygen atoms in total. The van der Waals surface area contributed by atoms with Gasteiger partial charge in [0.05, 0.1) is 12.0 Å². The normalized spacial score (nSPS) is 27.4. The summed E-state index contributed by atoms with van der Waals surface area (Å²) < 4.78 is 0. The number of carbonyl (C=O) groups excluding carboxylic acids is 1. The molecule has 2 heterocycles. The third-order valence-corrected chi connectivity index (χ3v) is 4.62. The van der Waals surface area contributed by atoms with Crippen molar-refractivity contribution in [3.05, 3.63) is 11.6 Å². The predicted molar refractivity (Wildman–Crippen MR) is 80.4 cm³/mol. The Morgan fingerprint density at radius 3 is 2.80 bits per heavy atom. The molecule has 1 unspecified atom stereocenters. The Bertz CT molecular complexity index is 375. The van der Waals surface area contributed by atoms with E-state index in [0.29, 0.717) is 6.54 Å². The molecule has 2 aliphatic rings. The molecule has 1 atom stereocenters. The number of amides is 1. The highest BCUT2D eigenvalue weighted by molar-refractivity contribution is 5.84. The van der Waals surface area contributed by atoms with Crippen LogP contribution in [0, 0.1) is 5.41 Å². The molecule has 1 N–H and O–H groups in total. The molecule has 0 aromatic rings. The van der Waals surface area contributed by atoms with Crippen molar-refractivity contribution in [1.82, 2.24) is 9.80 Å². The van der Waals surface area contributed by atoms with Gasteiger partial charge < -0.3 is 14.9 Å². The highest BCUT2D eigenvalue weighted by Crippen LogP contribution is 2.39. The molecule has 0 aromatic heterocycles. The average Bonchev–Trinajstić information content (AvgIpc) is 2.80. The maximum absolute atomic E-state index is 12.6. The first-order valence-electron chi connectivity index (χ1n) is 7.83. The van der Waals surface area contributed by atoms with Gasteiger partial charge in [0.15, 0.2) is 0 Å². The van der Waals surface area contributed by atoms with E-state index in [0.717, 1.165) is 51.9 Å². The molecule has 1 spiro atoms. The van der Waals surface area contributed by atoms with E-state index in [1.165, 1.54) is 5.57 Å². The van der Waals surface area contributed by atoms with Crippen LogP contribution in [-0.4, -0.2) is 60.1 Å². The quantitative estimate of drug-likeness (QED) is 0.779. The summed E-state index contributed by atoms with van der Waals surface area (Å²) in [6.45, 7) is 8.65. The second kappa shape index (κ2) is 6.72. The van der Waals surface area contributed by atoms with Crippen molar-refractivity contribution in [3.63, 3.8) is 0 Å². The second-order valence-electron chi connectivity index (χ2n) is 6.50. The summed E-state index contributed by atoms with van der Waals surface area (Å²) in [4.78, 5) is 16.9. The predicted octanol–water partition coefficient (Wildman–Crippen LogP) is 1.65. The minimum absolute atomic E-state index is 0.0755. The zero-order valence-electron chi connectivity index (χ0n) is 12.9. The van der Waals surface area contributed by atoms with Crippen LogP contribution >= 0.6 is 0 Å². The maximum atomic E-state index is 12.6. The largest absolute Gasteiger partial charge is 0.395 e. The Morgan fingerprint density at radius 2 is 2.10 bits per heavy atom. The van der Waals surface area contributed by atoms with Crippen molar-refractivity contribution in [1.29, 1.82) is 0 Å². The van der Waals surface area contributed by atoms with Crippen LogP contribution in [0.3, 0.4) is 0 Å². The van der Waals surface area contributed by atoms with Gasteiger partial charge in [-0.25, -0.2) is 0 Å². The molecular weight excluding hydrogens is 252 g/mol. The number of carbonyl (C=O) groups is 1. The highest BCUT2D eigenvalue weighted by atomic mass is 16.3. The van der Waals surface area contributed by atoms with Crippen LogP contribution in [0.2, 0.25) is 0 Å². The third kappa shape index (κ3) is 3.41. The fourth-order valence-corrected chi connectivity index (χ4v) is 3.55. The van der Waals surface area contributed by atoms with Crippen LogP contribution in [0.4, 0.5) is 0 Å². The van der Waals surface area contributed by atoms with Gasteiger partial charge in [-0.3, -0.25) is 4.79 Å². The Hall–Kier alpha value is -0.870. The van der Waals surface area contributed by atoms with Crippen LogP contribution < -0.4 is 0 Å². The number of allylic oxidation sites excluding steroid dienone is 1. The minimum atomic E-state index is -0.154. The standard InChI is InChI=1S/C16H28N2O2/c1-14(2)5-3-8-17-10-7-16(13-17)6-4-9-18(11-12-19)15(16)20/h5,19H,3-4,6-13H2,1-2H3. The lowest BCUT2D eigenvalue weighted by molar-refractivity contribution is -0.146. The van der Waals surface area contributed by atoms with Crippen molar-refractivity contribution >= 4 is 5.91 Å². The van der Waals surface area contributed by atoms with Crippen molar-refractivity contribution in [3.8, 4) is 0 Å². The van der Waals surface area contributed by atoms with Gasteiger partial charge in [0, 0.05) is 26.2 Å². The Balaban J connectivity index is 1.92. The number of nitrogens with zero attached hydrogens (tertiary/aromatic N) is 2. The Labute approximate surface area is 122 Å². The van der Waals surface area contributed by atoms with E-state index in [9.17, 15) is 4.79 Å². The third-order valence-electron chi connectivity index (χ3n) is 4.62. The molecule has 2 aliphatic heterocycles. The Kier molecular flexibility index (Phi) is 5.22. The number of aliphatic hydroxyl groups is 1. The van der Waals surface area contributed by atoms with Crippen molar-refractivity contribution in [2.45, 2.75) is 39.5 Å². The lowest BCUT2D eigenvalue weighted by Gasteiger charge is -2.39. The van der Waals surface area contributed by atoms with E-state index in [4.69, 9.17) is 5.11 Å². The minimum Gasteiger partial charge on any atom is -0.395 e. The zero-order chi connectivity index (χ0) is 14.6. The SMILES string of the molecule is CC(C)=CCCN1CCC2(CCCN(CCO)C2=O)C1. The fraction of sp³-hybridized carbons (Fsp3) is 0.812. The number of aliphatic hydroxyl groups excluding tert-OH is 1. The van der Waals surface area contributed by atoms with Crippen LogP contribution in [0.1, 0.15) is 39.5 Å². The first-order chi connectivity index (χ1) is 9.57. The second-order valence-corrected chi connectivity index (χ2v) is 6.50. The molecule has 2 rings (SSSR count). The summed E-state index contributed by atoms with van der Waals surface area (Å²) in [6, 6.07) is 0. The van der Waals surface area contributed by atoms with Gasteiger partial charge in [-0.2, -0.15) is 0 Å². The van der Waals surface area contributed by atoms with Gasteiger partial charge in [0.25, 0.3) is 0 Å². The molecule has 1 amide bonds. The summed E-state index contributed by atoms with van der Waals surface area (Å²) in [6.07, 6.45) is 6.43. The topological polar surface area (TPSA) is 43.8 Å². The van der Waals surface area contributed by atoms with Gasteiger partial charge in [-0.15, -0.1) is 0 Å². The van der Waals surface area contributed by atoms with E-state index >= 15 is 0 Å². The maximum Gasteiger partial charge on any atom is 0.230 e. The van der Waals surface area contributed by atoms with Crippen LogP contribution in [0.15, 0.2) is 11.6 Å². The summed E-state index contributed by atoms with van der Waals surface area (Å²) in [5, 5.41) is 9.08. The molecule has 2 saturated heterocycles. The van der Waals surface area contributed by atoms with E-state index < -0.39 is 0 Å².